The minimum atomic E-state index is -2.71. The lowest BCUT2D eigenvalue weighted by Gasteiger charge is -2.41. The van der Waals surface area contributed by atoms with Crippen molar-refractivity contribution in [2.24, 2.45) is 17.8 Å². The van der Waals surface area contributed by atoms with Crippen molar-refractivity contribution >= 4 is 0 Å². The van der Waals surface area contributed by atoms with Crippen LogP contribution < -0.4 is 4.74 Å². The molecule has 0 aromatic heterocycles. The van der Waals surface area contributed by atoms with Crippen LogP contribution in [0.3, 0.4) is 0 Å². The molecule has 3 fully saturated rings. The molecule has 6 unspecified atom stereocenters. The van der Waals surface area contributed by atoms with Crippen LogP contribution in [-0.4, -0.2) is 38.0 Å². The molecule has 2 heterocycles. The predicted octanol–water partition coefficient (Wildman–Crippen LogP) is 7.22. The van der Waals surface area contributed by atoms with Crippen molar-refractivity contribution in [3.63, 3.8) is 0 Å². The summed E-state index contributed by atoms with van der Waals surface area (Å²) in [5.74, 6) is -5.82. The van der Waals surface area contributed by atoms with Gasteiger partial charge >= 0.3 is 0 Å². The molecule has 0 amide bonds. The zero-order valence-corrected chi connectivity index (χ0v) is 20.4. The smallest absolute Gasteiger partial charge is 0.251 e. The van der Waals surface area contributed by atoms with Crippen LogP contribution in [0.5, 0.6) is 5.75 Å². The SMILES string of the molecule is C=CC1CCC(C2CCC(/C=C/C3CCC(c4ccc(OCC)c(F)c4F)CO3)CC2(F)F)CO1. The second-order valence-corrected chi connectivity index (χ2v) is 10.1. The number of ether oxygens (including phenoxy) is 3. The fourth-order valence-electron chi connectivity index (χ4n) is 5.83. The Kier molecular flexibility index (Phi) is 8.59. The molecule has 6 atom stereocenters. The Morgan fingerprint density at radius 3 is 2.37 bits per heavy atom. The molecule has 2 saturated heterocycles. The van der Waals surface area contributed by atoms with Crippen LogP contribution in [0.4, 0.5) is 17.6 Å². The molecule has 1 aromatic carbocycles. The highest BCUT2D eigenvalue weighted by atomic mass is 19.3. The zero-order chi connectivity index (χ0) is 25.0. The van der Waals surface area contributed by atoms with E-state index >= 15 is 8.78 Å². The van der Waals surface area contributed by atoms with Gasteiger partial charge in [-0.05, 0) is 68.9 Å². The van der Waals surface area contributed by atoms with Crippen molar-refractivity contribution in [2.45, 2.75) is 75.9 Å². The Morgan fingerprint density at radius 2 is 1.74 bits per heavy atom. The molecule has 2 aliphatic heterocycles. The highest BCUT2D eigenvalue weighted by Crippen LogP contribution is 2.47. The van der Waals surface area contributed by atoms with Crippen molar-refractivity contribution in [3.05, 3.63) is 54.1 Å². The summed E-state index contributed by atoms with van der Waals surface area (Å²) >= 11 is 0. The van der Waals surface area contributed by atoms with E-state index in [0.29, 0.717) is 25.9 Å². The van der Waals surface area contributed by atoms with E-state index in [1.54, 1.807) is 19.1 Å². The van der Waals surface area contributed by atoms with Gasteiger partial charge in [-0.3, -0.25) is 0 Å². The van der Waals surface area contributed by atoms with Crippen molar-refractivity contribution in [1.29, 1.82) is 0 Å². The second kappa shape index (κ2) is 11.5. The Hall–Kier alpha value is -1.86. The van der Waals surface area contributed by atoms with Crippen LogP contribution in [0.2, 0.25) is 0 Å². The molecular weight excluding hydrogens is 460 g/mol. The summed E-state index contributed by atoms with van der Waals surface area (Å²) in [4.78, 5) is 0. The standard InChI is InChI=1S/C28H36F4O3/c1-3-21-10-8-20(17-34-21)24-13-6-18(15-28(24,31)32)5-9-22-11-7-19(16-35-22)23-12-14-25(33-4-2)27(30)26(23)29/h3,5,9,12,14,18-22,24H,1,4,6-8,10-11,13,15-17H2,2H3/b9-5+. The largest absolute Gasteiger partial charge is 0.491 e. The normalized spacial score (nSPS) is 33.5. The van der Waals surface area contributed by atoms with Crippen LogP contribution in [-0.2, 0) is 9.47 Å². The fourth-order valence-corrected chi connectivity index (χ4v) is 5.83. The van der Waals surface area contributed by atoms with Gasteiger partial charge in [-0.2, -0.15) is 4.39 Å². The van der Waals surface area contributed by atoms with E-state index in [-0.39, 0.29) is 60.9 Å². The van der Waals surface area contributed by atoms with Gasteiger partial charge in [-0.1, -0.05) is 24.3 Å². The minimum absolute atomic E-state index is 0.0146. The first kappa shape index (κ1) is 26.2. The molecule has 3 nitrogen and oxygen atoms in total. The summed E-state index contributed by atoms with van der Waals surface area (Å²) in [5, 5.41) is 0. The Balaban J connectivity index is 1.27. The van der Waals surface area contributed by atoms with E-state index in [1.807, 2.05) is 12.2 Å². The van der Waals surface area contributed by atoms with E-state index in [0.717, 1.165) is 19.3 Å². The lowest BCUT2D eigenvalue weighted by Crippen LogP contribution is -2.43. The van der Waals surface area contributed by atoms with Crippen molar-refractivity contribution in [2.75, 3.05) is 19.8 Å². The molecular formula is C28H36F4O3. The average Bonchev–Trinajstić information content (AvgIpc) is 2.86. The van der Waals surface area contributed by atoms with Gasteiger partial charge in [0.2, 0.25) is 5.82 Å². The van der Waals surface area contributed by atoms with Gasteiger partial charge in [0.15, 0.2) is 11.6 Å². The summed E-state index contributed by atoms with van der Waals surface area (Å²) in [6, 6.07) is 3.01. The van der Waals surface area contributed by atoms with E-state index < -0.39 is 23.5 Å². The van der Waals surface area contributed by atoms with Gasteiger partial charge in [0, 0.05) is 18.3 Å². The number of hydrogen-bond acceptors (Lipinski definition) is 3. The van der Waals surface area contributed by atoms with E-state index in [1.165, 1.54) is 6.07 Å². The molecule has 0 N–H and O–H groups in total. The third-order valence-electron chi connectivity index (χ3n) is 7.83. The molecule has 0 spiro atoms. The van der Waals surface area contributed by atoms with Crippen LogP contribution in [0.25, 0.3) is 0 Å². The topological polar surface area (TPSA) is 27.7 Å². The lowest BCUT2D eigenvalue weighted by atomic mass is 9.71. The quantitative estimate of drug-likeness (QED) is 0.295. The monoisotopic (exact) mass is 496 g/mol. The van der Waals surface area contributed by atoms with E-state index in [9.17, 15) is 8.78 Å². The maximum Gasteiger partial charge on any atom is 0.251 e. The lowest BCUT2D eigenvalue weighted by molar-refractivity contribution is -0.140. The molecule has 1 aromatic rings. The van der Waals surface area contributed by atoms with E-state index in [4.69, 9.17) is 14.2 Å². The molecule has 7 heteroatoms. The van der Waals surface area contributed by atoms with E-state index in [2.05, 4.69) is 6.58 Å². The molecule has 0 radical (unpaired) electrons. The molecule has 35 heavy (non-hydrogen) atoms. The molecule has 0 bridgehead atoms. The van der Waals surface area contributed by atoms with Gasteiger partial charge in [0.1, 0.15) is 0 Å². The maximum absolute atomic E-state index is 15.0. The Morgan fingerprint density at radius 1 is 0.971 bits per heavy atom. The van der Waals surface area contributed by atoms with Gasteiger partial charge in [-0.15, -0.1) is 6.58 Å². The number of rotatable bonds is 7. The summed E-state index contributed by atoms with van der Waals surface area (Å²) in [5.41, 5.74) is 0.289. The highest BCUT2D eigenvalue weighted by Gasteiger charge is 2.48. The third kappa shape index (κ3) is 6.11. The Bertz CT molecular complexity index is 886. The van der Waals surface area contributed by atoms with Gasteiger partial charge < -0.3 is 14.2 Å². The molecule has 1 saturated carbocycles. The van der Waals surface area contributed by atoms with Crippen LogP contribution in [0, 0.1) is 29.4 Å². The minimum Gasteiger partial charge on any atom is -0.491 e. The summed E-state index contributed by atoms with van der Waals surface area (Å²) < 4.78 is 75.5. The fraction of sp³-hybridized carbons (Fsp3) is 0.643. The molecule has 194 valence electrons. The molecule has 1 aliphatic carbocycles. The van der Waals surface area contributed by atoms with Crippen LogP contribution in [0.1, 0.15) is 63.4 Å². The summed E-state index contributed by atoms with van der Waals surface area (Å²) in [7, 11) is 0. The summed E-state index contributed by atoms with van der Waals surface area (Å²) in [6.07, 6.45) is 9.14. The molecule has 4 rings (SSSR count). The number of halogens is 4. The second-order valence-electron chi connectivity index (χ2n) is 10.1. The van der Waals surface area contributed by atoms with Crippen molar-refractivity contribution in [1.82, 2.24) is 0 Å². The predicted molar refractivity (Wildman–Crippen MR) is 127 cm³/mol. The molecule has 3 aliphatic rings. The first-order valence-electron chi connectivity index (χ1n) is 12.8. The van der Waals surface area contributed by atoms with Gasteiger partial charge in [0.25, 0.3) is 5.92 Å². The maximum atomic E-state index is 15.0. The van der Waals surface area contributed by atoms with Gasteiger partial charge in [0.05, 0.1) is 32.0 Å². The van der Waals surface area contributed by atoms with Crippen LogP contribution in [0.15, 0.2) is 36.9 Å². The number of hydrogen-bond donors (Lipinski definition) is 0. The first-order valence-corrected chi connectivity index (χ1v) is 12.8. The van der Waals surface area contributed by atoms with Gasteiger partial charge in [-0.25, -0.2) is 13.2 Å². The first-order chi connectivity index (χ1) is 16.8. The number of alkyl halides is 2. The zero-order valence-electron chi connectivity index (χ0n) is 20.4. The number of benzene rings is 1. The van der Waals surface area contributed by atoms with Crippen molar-refractivity contribution in [3.8, 4) is 5.75 Å². The highest BCUT2D eigenvalue weighted by molar-refractivity contribution is 5.33. The number of allylic oxidation sites excluding steroid dienone is 1. The average molecular weight is 497 g/mol. The van der Waals surface area contributed by atoms with Crippen LogP contribution >= 0.6 is 0 Å². The third-order valence-corrected chi connectivity index (χ3v) is 7.83. The Labute approximate surface area is 205 Å². The summed E-state index contributed by atoms with van der Waals surface area (Å²) in [6.45, 7) is 6.34. The van der Waals surface area contributed by atoms with Crippen molar-refractivity contribution < 1.29 is 31.8 Å².